The average molecular weight is 510 g/mol. The molecule has 0 saturated carbocycles. The molecule has 0 aromatic carbocycles. The van der Waals surface area contributed by atoms with E-state index in [-0.39, 0.29) is 5.91 Å². The van der Waals surface area contributed by atoms with Gasteiger partial charge in [0.15, 0.2) is 0 Å². The first-order valence-corrected chi connectivity index (χ1v) is 14.1. The van der Waals surface area contributed by atoms with Crippen LogP contribution in [0.5, 0.6) is 0 Å². The van der Waals surface area contributed by atoms with Crippen molar-refractivity contribution in [2.45, 2.75) is 84.0 Å². The molecule has 0 atom stereocenters. The highest BCUT2D eigenvalue weighted by Gasteiger charge is 2.17. The molecule has 2 heterocycles. The van der Waals surface area contributed by atoms with Crippen molar-refractivity contribution in [1.82, 2.24) is 15.2 Å². The first-order valence-electron chi connectivity index (χ1n) is 13.0. The smallest absolute Gasteiger partial charge is 0.252 e. The predicted molar refractivity (Wildman–Crippen MR) is 140 cm³/mol. The molecule has 6 heteroatoms. The number of anilines is 1. The van der Waals surface area contributed by atoms with Crippen LogP contribution < -0.4 is 10.2 Å². The largest absolute Gasteiger partial charge is 0.354 e. The summed E-state index contributed by atoms with van der Waals surface area (Å²) in [4.78, 5) is 21.7. The molecule has 1 fully saturated rings. The Labute approximate surface area is 204 Å². The van der Waals surface area contributed by atoms with Gasteiger partial charge in [-0.1, -0.05) is 87.1 Å². The second-order valence-corrected chi connectivity index (χ2v) is 9.81. The Kier molecular flexibility index (Phi) is 14.7. The minimum Gasteiger partial charge on any atom is -0.354 e. The molecule has 0 radical (unpaired) electrons. The molecule has 0 spiro atoms. The number of halogens is 1. The number of amides is 1. The third-order valence-electron chi connectivity index (χ3n) is 6.50. The molecule has 0 bridgehead atoms. The van der Waals surface area contributed by atoms with Crippen LogP contribution in [0.4, 0.5) is 5.82 Å². The molecule has 1 saturated heterocycles. The highest BCUT2D eigenvalue weighted by atomic mass is 79.9. The Morgan fingerprint density at radius 2 is 1.44 bits per heavy atom. The number of likely N-dealkylation sites (N-methyl/N-ethyl adjacent to an activating group) is 1. The second kappa shape index (κ2) is 17.4. The molecule has 1 aromatic heterocycles. The van der Waals surface area contributed by atoms with E-state index in [0.717, 1.165) is 56.8 Å². The zero-order valence-electron chi connectivity index (χ0n) is 20.3. The van der Waals surface area contributed by atoms with Gasteiger partial charge in [0, 0.05) is 44.3 Å². The lowest BCUT2D eigenvalue weighted by molar-refractivity contribution is 0.0952. The molecule has 1 aliphatic rings. The molecule has 32 heavy (non-hydrogen) atoms. The average Bonchev–Trinajstić information content (AvgIpc) is 2.84. The zero-order valence-corrected chi connectivity index (χ0v) is 21.9. The number of alkyl halides is 1. The van der Waals surface area contributed by atoms with Gasteiger partial charge in [0.2, 0.25) is 0 Å². The number of carbonyl (C=O) groups excluding carboxylic acids is 1. The Hall–Kier alpha value is -1.14. The Balaban J connectivity index is 1.46. The van der Waals surface area contributed by atoms with Gasteiger partial charge in [-0.15, -0.1) is 0 Å². The maximum absolute atomic E-state index is 12.4. The molecular weight excluding hydrogens is 464 g/mol. The highest BCUT2D eigenvalue weighted by Crippen LogP contribution is 2.15. The number of rotatable bonds is 17. The maximum Gasteiger partial charge on any atom is 0.252 e. The number of piperazine rings is 1. The van der Waals surface area contributed by atoms with E-state index in [1.54, 1.807) is 6.20 Å². The Bertz CT molecular complexity index is 602. The van der Waals surface area contributed by atoms with E-state index in [1.807, 2.05) is 12.1 Å². The quantitative estimate of drug-likeness (QED) is 0.206. The summed E-state index contributed by atoms with van der Waals surface area (Å²) >= 11 is 3.49. The van der Waals surface area contributed by atoms with Gasteiger partial charge >= 0.3 is 0 Å². The number of nitrogens with zero attached hydrogens (tertiary/aromatic N) is 3. The van der Waals surface area contributed by atoms with Crippen LogP contribution in [0.3, 0.4) is 0 Å². The van der Waals surface area contributed by atoms with Gasteiger partial charge in [0.1, 0.15) is 5.82 Å². The molecule has 1 aromatic rings. The Morgan fingerprint density at radius 3 is 1.94 bits per heavy atom. The van der Waals surface area contributed by atoms with E-state index in [1.165, 1.54) is 70.6 Å². The lowest BCUT2D eigenvalue weighted by atomic mass is 10.1. The van der Waals surface area contributed by atoms with Crippen molar-refractivity contribution in [3.05, 3.63) is 23.9 Å². The number of pyridine rings is 1. The van der Waals surface area contributed by atoms with Crippen molar-refractivity contribution < 1.29 is 4.79 Å². The SMILES string of the molecule is CCN1CCN(c2ccc(C(=O)NCCCCCCCCCCCCCCBr)cn2)CC1. The summed E-state index contributed by atoms with van der Waals surface area (Å²) in [5, 5.41) is 4.20. The fourth-order valence-corrected chi connectivity index (χ4v) is 4.69. The van der Waals surface area contributed by atoms with Gasteiger partial charge in [0.05, 0.1) is 5.56 Å². The summed E-state index contributed by atoms with van der Waals surface area (Å²) < 4.78 is 0. The fraction of sp³-hybridized carbons (Fsp3) is 0.769. The normalized spacial score (nSPS) is 14.6. The van der Waals surface area contributed by atoms with Gasteiger partial charge < -0.3 is 15.1 Å². The zero-order chi connectivity index (χ0) is 22.9. The van der Waals surface area contributed by atoms with Crippen molar-refractivity contribution >= 4 is 27.7 Å². The summed E-state index contributed by atoms with van der Waals surface area (Å²) in [6, 6.07) is 3.89. The van der Waals surface area contributed by atoms with Crippen LogP contribution in [0.25, 0.3) is 0 Å². The van der Waals surface area contributed by atoms with Crippen LogP contribution >= 0.6 is 15.9 Å². The minimum absolute atomic E-state index is 0.00372. The third-order valence-corrected chi connectivity index (χ3v) is 7.06. The molecule has 1 N–H and O–H groups in total. The van der Waals surface area contributed by atoms with E-state index in [4.69, 9.17) is 0 Å². The third kappa shape index (κ3) is 11.1. The van der Waals surface area contributed by atoms with Crippen molar-refractivity contribution in [2.24, 2.45) is 0 Å². The van der Waals surface area contributed by atoms with Gasteiger partial charge in [-0.2, -0.15) is 0 Å². The maximum atomic E-state index is 12.4. The minimum atomic E-state index is -0.00372. The predicted octanol–water partition coefficient (Wildman–Crippen LogP) is 6.03. The summed E-state index contributed by atoms with van der Waals surface area (Å²) in [5.41, 5.74) is 0.660. The van der Waals surface area contributed by atoms with E-state index in [9.17, 15) is 4.79 Å². The number of unbranched alkanes of at least 4 members (excludes halogenated alkanes) is 11. The van der Waals surface area contributed by atoms with Crippen LogP contribution in [-0.4, -0.2) is 60.4 Å². The monoisotopic (exact) mass is 508 g/mol. The standard InChI is InChI=1S/C26H45BrN4O/c1-2-30-19-21-31(22-20-30)25-16-15-24(23-29-25)26(32)28-18-14-12-10-8-6-4-3-5-7-9-11-13-17-27/h15-16,23H,2-14,17-22H2,1H3,(H,28,32). The topological polar surface area (TPSA) is 48.5 Å². The van der Waals surface area contributed by atoms with Gasteiger partial charge in [-0.3, -0.25) is 4.79 Å². The molecule has 2 rings (SSSR count). The van der Waals surface area contributed by atoms with E-state index in [0.29, 0.717) is 5.56 Å². The summed E-state index contributed by atoms with van der Waals surface area (Å²) in [5.74, 6) is 0.975. The number of hydrogen-bond donors (Lipinski definition) is 1. The first-order chi connectivity index (χ1) is 15.7. The number of hydrogen-bond acceptors (Lipinski definition) is 4. The van der Waals surface area contributed by atoms with Crippen LogP contribution in [0.1, 0.15) is 94.3 Å². The highest BCUT2D eigenvalue weighted by molar-refractivity contribution is 9.09. The first kappa shape index (κ1) is 27.1. The molecular formula is C26H45BrN4O. The van der Waals surface area contributed by atoms with Gasteiger partial charge in [0.25, 0.3) is 5.91 Å². The number of nitrogens with one attached hydrogen (secondary N) is 1. The van der Waals surface area contributed by atoms with Crippen LogP contribution in [0.15, 0.2) is 18.3 Å². The van der Waals surface area contributed by atoms with E-state index in [2.05, 4.69) is 43.0 Å². The molecule has 182 valence electrons. The summed E-state index contributed by atoms with van der Waals surface area (Å²) in [6.07, 6.45) is 17.6. The van der Waals surface area contributed by atoms with Crippen molar-refractivity contribution in [2.75, 3.05) is 49.5 Å². The molecule has 1 aliphatic heterocycles. The summed E-state index contributed by atoms with van der Waals surface area (Å²) in [6.45, 7) is 8.25. The molecule has 0 aliphatic carbocycles. The van der Waals surface area contributed by atoms with Crippen molar-refractivity contribution in [3.8, 4) is 0 Å². The van der Waals surface area contributed by atoms with Gasteiger partial charge in [-0.25, -0.2) is 4.98 Å². The number of aromatic nitrogens is 1. The van der Waals surface area contributed by atoms with E-state index >= 15 is 0 Å². The fourth-order valence-electron chi connectivity index (χ4n) is 4.29. The lowest BCUT2D eigenvalue weighted by Gasteiger charge is -2.34. The molecule has 1 amide bonds. The van der Waals surface area contributed by atoms with Crippen molar-refractivity contribution in [1.29, 1.82) is 0 Å². The van der Waals surface area contributed by atoms with Crippen LogP contribution in [0, 0.1) is 0 Å². The van der Waals surface area contributed by atoms with Gasteiger partial charge in [-0.05, 0) is 31.5 Å². The Morgan fingerprint density at radius 1 is 0.875 bits per heavy atom. The van der Waals surface area contributed by atoms with Crippen LogP contribution in [-0.2, 0) is 0 Å². The van der Waals surface area contributed by atoms with Crippen LogP contribution in [0.2, 0.25) is 0 Å². The molecule has 0 unspecified atom stereocenters. The molecule has 5 nitrogen and oxygen atoms in total. The lowest BCUT2D eigenvalue weighted by Crippen LogP contribution is -2.46. The second-order valence-electron chi connectivity index (χ2n) is 9.01. The van der Waals surface area contributed by atoms with E-state index < -0.39 is 0 Å². The summed E-state index contributed by atoms with van der Waals surface area (Å²) in [7, 11) is 0. The van der Waals surface area contributed by atoms with Crippen molar-refractivity contribution in [3.63, 3.8) is 0 Å². The number of carbonyl (C=O) groups is 1.